The molecule has 20 heavy (non-hydrogen) atoms. The average molecular weight is 357 g/mol. The molecule has 3 nitrogen and oxygen atoms in total. The summed E-state index contributed by atoms with van der Waals surface area (Å²) in [6, 6.07) is 4.65. The molecule has 7 heteroatoms. The molecule has 1 aromatic carbocycles. The third-order valence-corrected chi connectivity index (χ3v) is 2.98. The molecule has 0 heterocycles. The lowest BCUT2D eigenvalue weighted by molar-refractivity contribution is -0.175. The van der Waals surface area contributed by atoms with Gasteiger partial charge in [0.25, 0.3) is 4.70 Å². The maximum Gasteiger partial charge on any atom is 0.416 e. The molecule has 0 aromatic heterocycles. The molecule has 114 valence electrons. The predicted molar refractivity (Wildman–Crippen MR) is 71.8 cm³/mol. The third kappa shape index (κ3) is 5.30. The maximum atomic E-state index is 12.6. The monoisotopic (exact) mass is 356 g/mol. The quantitative estimate of drug-likeness (QED) is 0.541. The van der Waals surface area contributed by atoms with Crippen LogP contribution in [0.1, 0.15) is 19.4 Å². The number of halogens is 4. The van der Waals surface area contributed by atoms with E-state index in [-0.39, 0.29) is 12.4 Å². The van der Waals surface area contributed by atoms with Crippen molar-refractivity contribution in [3.05, 3.63) is 29.8 Å². The topological polar surface area (TPSA) is 27.7 Å². The van der Waals surface area contributed by atoms with Gasteiger partial charge in [0.15, 0.2) is 6.61 Å². The molecule has 0 aliphatic carbocycles. The van der Waals surface area contributed by atoms with Crippen LogP contribution in [0.25, 0.3) is 0 Å². The smallest absolute Gasteiger partial charge is 0.416 e. The molecule has 0 N–H and O–H groups in total. The van der Waals surface area contributed by atoms with E-state index >= 15 is 0 Å². The SMILES string of the molecule is CCOC(Br)(COc1cccc(C(F)(F)F)c1)OCC. The second-order valence-corrected chi connectivity index (χ2v) is 5.05. The Balaban J connectivity index is 2.73. The molecule has 0 unspecified atom stereocenters. The van der Waals surface area contributed by atoms with E-state index in [1.807, 2.05) is 0 Å². The second kappa shape index (κ2) is 7.28. The number of ether oxygens (including phenoxy) is 3. The molecule has 0 aliphatic rings. The number of rotatable bonds is 7. The normalized spacial score (nSPS) is 12.5. The summed E-state index contributed by atoms with van der Waals surface area (Å²) in [6.07, 6.45) is -4.40. The van der Waals surface area contributed by atoms with E-state index in [1.165, 1.54) is 12.1 Å². The number of alkyl halides is 4. The first kappa shape index (κ1) is 17.3. The fourth-order valence-corrected chi connectivity index (χ4v) is 2.06. The molecular weight excluding hydrogens is 341 g/mol. The van der Waals surface area contributed by atoms with Crippen molar-refractivity contribution in [1.82, 2.24) is 0 Å². The second-order valence-electron chi connectivity index (χ2n) is 3.84. The lowest BCUT2D eigenvalue weighted by Crippen LogP contribution is -2.36. The van der Waals surface area contributed by atoms with E-state index in [0.29, 0.717) is 13.2 Å². The van der Waals surface area contributed by atoms with E-state index in [4.69, 9.17) is 14.2 Å². The van der Waals surface area contributed by atoms with Gasteiger partial charge in [-0.2, -0.15) is 13.2 Å². The highest BCUT2D eigenvalue weighted by molar-refractivity contribution is 9.10. The van der Waals surface area contributed by atoms with Crippen LogP contribution in [0, 0.1) is 0 Å². The molecule has 1 aromatic rings. The Labute approximate surface area is 124 Å². The molecule has 0 spiro atoms. The van der Waals surface area contributed by atoms with Gasteiger partial charge in [0, 0.05) is 13.2 Å². The zero-order valence-corrected chi connectivity index (χ0v) is 12.8. The van der Waals surface area contributed by atoms with Gasteiger partial charge in [0.05, 0.1) is 5.56 Å². The van der Waals surface area contributed by atoms with Crippen molar-refractivity contribution in [1.29, 1.82) is 0 Å². The molecule has 0 aliphatic heterocycles. The van der Waals surface area contributed by atoms with Gasteiger partial charge in [-0.25, -0.2) is 0 Å². The molecule has 0 saturated carbocycles. The third-order valence-electron chi connectivity index (χ3n) is 2.29. The highest BCUT2D eigenvalue weighted by atomic mass is 79.9. The van der Waals surface area contributed by atoms with Gasteiger partial charge in [0.1, 0.15) is 5.75 Å². The van der Waals surface area contributed by atoms with Crippen LogP contribution in [0.15, 0.2) is 24.3 Å². The van der Waals surface area contributed by atoms with Crippen LogP contribution < -0.4 is 4.74 Å². The van der Waals surface area contributed by atoms with Gasteiger partial charge in [-0.05, 0) is 48.0 Å². The molecule has 0 atom stereocenters. The number of hydrogen-bond acceptors (Lipinski definition) is 3. The Bertz CT molecular complexity index is 418. The van der Waals surface area contributed by atoms with Crippen molar-refractivity contribution in [2.24, 2.45) is 0 Å². The standard InChI is InChI=1S/C13H16BrF3O3/c1-3-19-12(14,20-4-2)9-18-11-7-5-6-10(8-11)13(15,16)17/h5-8H,3-4,9H2,1-2H3. The highest BCUT2D eigenvalue weighted by Gasteiger charge is 2.32. The summed E-state index contributed by atoms with van der Waals surface area (Å²) < 4.78 is 52.5. The van der Waals surface area contributed by atoms with E-state index in [9.17, 15) is 13.2 Å². The van der Waals surface area contributed by atoms with Crippen LogP contribution in [0.5, 0.6) is 5.75 Å². The van der Waals surface area contributed by atoms with Crippen LogP contribution in [0.4, 0.5) is 13.2 Å². The lowest BCUT2D eigenvalue weighted by Gasteiger charge is -2.26. The van der Waals surface area contributed by atoms with Crippen molar-refractivity contribution < 1.29 is 27.4 Å². The first-order chi connectivity index (χ1) is 9.30. The van der Waals surface area contributed by atoms with E-state index in [0.717, 1.165) is 12.1 Å². The molecule has 1 rings (SSSR count). The Morgan fingerprint density at radius 1 is 1.10 bits per heavy atom. The van der Waals surface area contributed by atoms with Crippen molar-refractivity contribution in [3.63, 3.8) is 0 Å². The van der Waals surface area contributed by atoms with Crippen molar-refractivity contribution in [2.75, 3.05) is 19.8 Å². The van der Waals surface area contributed by atoms with Crippen molar-refractivity contribution in [3.8, 4) is 5.75 Å². The first-order valence-electron chi connectivity index (χ1n) is 6.07. The summed E-state index contributed by atoms with van der Waals surface area (Å²) in [5, 5.41) is 0. The summed E-state index contributed by atoms with van der Waals surface area (Å²) in [6.45, 7) is 4.23. The lowest BCUT2D eigenvalue weighted by atomic mass is 10.2. The maximum absolute atomic E-state index is 12.6. The minimum absolute atomic E-state index is 0.0734. The molecule has 0 amide bonds. The minimum Gasteiger partial charge on any atom is -0.487 e. The van der Waals surface area contributed by atoms with Gasteiger partial charge < -0.3 is 14.2 Å². The van der Waals surface area contributed by atoms with E-state index < -0.39 is 16.4 Å². The fraction of sp³-hybridized carbons (Fsp3) is 0.538. The summed E-state index contributed by atoms with van der Waals surface area (Å²) in [5.41, 5.74) is -0.761. The zero-order valence-electron chi connectivity index (χ0n) is 11.2. The molecule has 0 fully saturated rings. The Hall–Kier alpha value is -0.790. The van der Waals surface area contributed by atoms with Gasteiger partial charge in [0.2, 0.25) is 0 Å². The Kier molecular flexibility index (Phi) is 6.29. The van der Waals surface area contributed by atoms with E-state index in [2.05, 4.69) is 15.9 Å². The van der Waals surface area contributed by atoms with Gasteiger partial charge in [-0.3, -0.25) is 0 Å². The molecule has 0 saturated heterocycles. The number of hydrogen-bond donors (Lipinski definition) is 0. The Morgan fingerprint density at radius 2 is 1.70 bits per heavy atom. The fourth-order valence-electron chi connectivity index (χ4n) is 1.49. The van der Waals surface area contributed by atoms with Crippen LogP contribution in [0.2, 0.25) is 0 Å². The summed E-state index contributed by atoms with van der Waals surface area (Å²) in [4.78, 5) is 0. The van der Waals surface area contributed by atoms with Gasteiger partial charge in [-0.15, -0.1) is 0 Å². The molecular formula is C13H16BrF3O3. The van der Waals surface area contributed by atoms with Crippen LogP contribution >= 0.6 is 15.9 Å². The molecule has 0 radical (unpaired) electrons. The van der Waals surface area contributed by atoms with Crippen molar-refractivity contribution >= 4 is 15.9 Å². The summed E-state index contributed by atoms with van der Waals surface area (Å²) in [5.74, 6) is 0.100. The van der Waals surface area contributed by atoms with Crippen LogP contribution in [0.3, 0.4) is 0 Å². The minimum atomic E-state index is -4.40. The predicted octanol–water partition coefficient (Wildman–Crippen LogP) is 4.21. The average Bonchev–Trinajstić information content (AvgIpc) is 2.36. The molecule has 0 bridgehead atoms. The van der Waals surface area contributed by atoms with Gasteiger partial charge in [-0.1, -0.05) is 6.07 Å². The zero-order chi connectivity index (χ0) is 15.2. The Morgan fingerprint density at radius 3 is 2.20 bits per heavy atom. The highest BCUT2D eigenvalue weighted by Crippen LogP contribution is 2.32. The van der Waals surface area contributed by atoms with E-state index in [1.54, 1.807) is 13.8 Å². The van der Waals surface area contributed by atoms with Crippen LogP contribution in [-0.4, -0.2) is 24.5 Å². The largest absolute Gasteiger partial charge is 0.487 e. The first-order valence-corrected chi connectivity index (χ1v) is 6.87. The van der Waals surface area contributed by atoms with Crippen LogP contribution in [-0.2, 0) is 15.7 Å². The summed E-state index contributed by atoms with van der Waals surface area (Å²) in [7, 11) is 0. The summed E-state index contributed by atoms with van der Waals surface area (Å²) >= 11 is 3.23. The van der Waals surface area contributed by atoms with Gasteiger partial charge >= 0.3 is 6.18 Å². The number of benzene rings is 1. The van der Waals surface area contributed by atoms with Crippen molar-refractivity contribution in [2.45, 2.75) is 24.7 Å².